The summed E-state index contributed by atoms with van der Waals surface area (Å²) in [5.74, 6) is 0.355. The number of ketones is 1. The first-order valence-corrected chi connectivity index (χ1v) is 6.84. The lowest BCUT2D eigenvalue weighted by atomic mass is 9.81. The van der Waals surface area contributed by atoms with Crippen molar-refractivity contribution in [3.63, 3.8) is 0 Å². The van der Waals surface area contributed by atoms with Gasteiger partial charge in [0.1, 0.15) is 5.78 Å². The van der Waals surface area contributed by atoms with Gasteiger partial charge < -0.3 is 5.73 Å². The summed E-state index contributed by atoms with van der Waals surface area (Å²) in [7, 11) is 0. The Morgan fingerprint density at radius 2 is 1.62 bits per heavy atom. The van der Waals surface area contributed by atoms with Crippen LogP contribution in [0.1, 0.15) is 72.1 Å². The maximum absolute atomic E-state index is 11.9. The Morgan fingerprint density at radius 1 is 1.06 bits per heavy atom. The van der Waals surface area contributed by atoms with Crippen LogP contribution in [0, 0.1) is 5.41 Å². The highest BCUT2D eigenvalue weighted by atomic mass is 16.1. The Balaban J connectivity index is 3.64. The lowest BCUT2D eigenvalue weighted by Crippen LogP contribution is -2.35. The molecule has 0 saturated carbocycles. The first kappa shape index (κ1) is 15.6. The van der Waals surface area contributed by atoms with Crippen molar-refractivity contribution < 1.29 is 4.79 Å². The Kier molecular flexibility index (Phi) is 8.54. The Hall–Kier alpha value is -0.370. The number of carbonyl (C=O) groups excluding carboxylic acids is 1. The van der Waals surface area contributed by atoms with E-state index >= 15 is 0 Å². The van der Waals surface area contributed by atoms with Crippen LogP contribution in [0.4, 0.5) is 0 Å². The minimum Gasteiger partial charge on any atom is -0.329 e. The molecule has 0 amide bonds. The molecular formula is C14H29NO. The normalized spacial score (nSPS) is 14.8. The minimum absolute atomic E-state index is 0.274. The number of carbonyl (C=O) groups is 1. The zero-order valence-corrected chi connectivity index (χ0v) is 11.3. The van der Waals surface area contributed by atoms with Crippen molar-refractivity contribution in [2.75, 3.05) is 6.54 Å². The second kappa shape index (κ2) is 8.74. The lowest BCUT2D eigenvalue weighted by molar-refractivity contribution is -0.127. The van der Waals surface area contributed by atoms with E-state index in [1.165, 1.54) is 32.1 Å². The van der Waals surface area contributed by atoms with Crippen LogP contribution >= 0.6 is 0 Å². The third-order valence-electron chi connectivity index (χ3n) is 3.66. The molecule has 0 fully saturated rings. The summed E-state index contributed by atoms with van der Waals surface area (Å²) >= 11 is 0. The quantitative estimate of drug-likeness (QED) is 0.578. The van der Waals surface area contributed by atoms with E-state index in [2.05, 4.69) is 6.92 Å². The van der Waals surface area contributed by atoms with E-state index in [0.717, 1.165) is 12.8 Å². The third kappa shape index (κ3) is 5.64. The number of hydrogen-bond acceptors (Lipinski definition) is 2. The van der Waals surface area contributed by atoms with Crippen LogP contribution < -0.4 is 5.73 Å². The molecule has 0 radical (unpaired) electrons. The molecule has 2 heteroatoms. The Labute approximate surface area is 101 Å². The third-order valence-corrected chi connectivity index (χ3v) is 3.66. The number of rotatable bonds is 10. The van der Waals surface area contributed by atoms with Gasteiger partial charge in [0, 0.05) is 18.4 Å². The van der Waals surface area contributed by atoms with Crippen LogP contribution in [-0.2, 0) is 4.79 Å². The van der Waals surface area contributed by atoms with E-state index in [1.54, 1.807) is 0 Å². The van der Waals surface area contributed by atoms with Crippen LogP contribution in [0.5, 0.6) is 0 Å². The molecule has 1 atom stereocenters. The van der Waals surface area contributed by atoms with Gasteiger partial charge in [0.2, 0.25) is 0 Å². The van der Waals surface area contributed by atoms with Crippen LogP contribution in [-0.4, -0.2) is 12.3 Å². The van der Waals surface area contributed by atoms with Crippen molar-refractivity contribution in [3.8, 4) is 0 Å². The van der Waals surface area contributed by atoms with Gasteiger partial charge in [-0.05, 0) is 12.8 Å². The highest BCUT2D eigenvalue weighted by Crippen LogP contribution is 2.23. The van der Waals surface area contributed by atoms with Gasteiger partial charge in [-0.1, -0.05) is 52.9 Å². The van der Waals surface area contributed by atoms with Crippen LogP contribution in [0.2, 0.25) is 0 Å². The van der Waals surface area contributed by atoms with Crippen molar-refractivity contribution >= 4 is 5.78 Å². The van der Waals surface area contributed by atoms with Gasteiger partial charge in [-0.25, -0.2) is 0 Å². The fourth-order valence-corrected chi connectivity index (χ4v) is 1.82. The van der Waals surface area contributed by atoms with Crippen LogP contribution in [0.15, 0.2) is 0 Å². The molecule has 16 heavy (non-hydrogen) atoms. The Bertz CT molecular complexity index is 185. The first-order valence-electron chi connectivity index (χ1n) is 6.84. The van der Waals surface area contributed by atoms with E-state index < -0.39 is 0 Å². The van der Waals surface area contributed by atoms with Crippen molar-refractivity contribution in [1.82, 2.24) is 0 Å². The second-order valence-corrected chi connectivity index (χ2v) is 5.06. The van der Waals surface area contributed by atoms with Crippen molar-refractivity contribution in [2.24, 2.45) is 11.1 Å². The van der Waals surface area contributed by atoms with E-state index in [4.69, 9.17) is 5.73 Å². The smallest absolute Gasteiger partial charge is 0.140 e. The maximum Gasteiger partial charge on any atom is 0.140 e. The Morgan fingerprint density at radius 3 is 2.12 bits per heavy atom. The molecule has 0 saturated heterocycles. The summed E-state index contributed by atoms with van der Waals surface area (Å²) in [6.45, 7) is 6.74. The fraction of sp³-hybridized carbons (Fsp3) is 0.929. The number of nitrogens with two attached hydrogens (primary N) is 1. The lowest BCUT2D eigenvalue weighted by Gasteiger charge is -2.24. The molecule has 0 bridgehead atoms. The minimum atomic E-state index is -0.274. The summed E-state index contributed by atoms with van der Waals surface area (Å²) in [6, 6.07) is 0. The largest absolute Gasteiger partial charge is 0.329 e. The highest BCUT2D eigenvalue weighted by Gasteiger charge is 2.28. The molecule has 0 aromatic heterocycles. The van der Waals surface area contributed by atoms with Gasteiger partial charge in [0.05, 0.1) is 0 Å². The highest BCUT2D eigenvalue weighted by molar-refractivity contribution is 5.84. The van der Waals surface area contributed by atoms with Crippen molar-refractivity contribution in [2.45, 2.75) is 72.1 Å². The summed E-state index contributed by atoms with van der Waals surface area (Å²) < 4.78 is 0. The SMILES string of the molecule is CCCCCCCCC(=O)C(C)(CC)CN. The monoisotopic (exact) mass is 227 g/mol. The molecule has 96 valence electrons. The van der Waals surface area contributed by atoms with Crippen LogP contribution in [0.25, 0.3) is 0 Å². The van der Waals surface area contributed by atoms with E-state index in [0.29, 0.717) is 18.7 Å². The second-order valence-electron chi connectivity index (χ2n) is 5.06. The molecule has 0 spiro atoms. The van der Waals surface area contributed by atoms with Crippen molar-refractivity contribution in [1.29, 1.82) is 0 Å². The molecule has 1 unspecified atom stereocenters. The van der Waals surface area contributed by atoms with Crippen LogP contribution in [0.3, 0.4) is 0 Å². The average molecular weight is 227 g/mol. The molecule has 0 rings (SSSR count). The fourth-order valence-electron chi connectivity index (χ4n) is 1.82. The predicted molar refractivity (Wildman–Crippen MR) is 70.5 cm³/mol. The molecule has 0 aliphatic heterocycles. The first-order chi connectivity index (χ1) is 7.60. The number of Topliss-reactive ketones (excluding diaryl/α,β-unsaturated/α-hetero) is 1. The molecule has 0 aromatic rings. The van der Waals surface area contributed by atoms with Gasteiger partial charge in [0.15, 0.2) is 0 Å². The molecule has 2 N–H and O–H groups in total. The molecule has 2 nitrogen and oxygen atoms in total. The van der Waals surface area contributed by atoms with Gasteiger partial charge in [-0.15, -0.1) is 0 Å². The van der Waals surface area contributed by atoms with Gasteiger partial charge in [0.25, 0.3) is 0 Å². The number of unbranched alkanes of at least 4 members (excludes halogenated alkanes) is 5. The molecule has 0 heterocycles. The topological polar surface area (TPSA) is 43.1 Å². The molecule has 0 aliphatic rings. The van der Waals surface area contributed by atoms with E-state index in [9.17, 15) is 4.79 Å². The molecule has 0 aliphatic carbocycles. The van der Waals surface area contributed by atoms with E-state index in [1.807, 2.05) is 13.8 Å². The predicted octanol–water partition coefficient (Wildman–Crippen LogP) is 3.68. The molecular weight excluding hydrogens is 198 g/mol. The zero-order chi connectivity index (χ0) is 12.4. The summed E-state index contributed by atoms with van der Waals surface area (Å²) in [6.07, 6.45) is 8.99. The summed E-state index contributed by atoms with van der Waals surface area (Å²) in [4.78, 5) is 11.9. The average Bonchev–Trinajstić information content (AvgIpc) is 2.32. The summed E-state index contributed by atoms with van der Waals surface area (Å²) in [5, 5.41) is 0. The number of hydrogen-bond donors (Lipinski definition) is 1. The molecule has 0 aromatic carbocycles. The maximum atomic E-state index is 11.9. The van der Waals surface area contributed by atoms with E-state index in [-0.39, 0.29) is 5.41 Å². The van der Waals surface area contributed by atoms with Gasteiger partial charge in [-0.3, -0.25) is 4.79 Å². The van der Waals surface area contributed by atoms with Crippen molar-refractivity contribution in [3.05, 3.63) is 0 Å². The van der Waals surface area contributed by atoms with Gasteiger partial charge in [-0.2, -0.15) is 0 Å². The zero-order valence-electron chi connectivity index (χ0n) is 11.3. The van der Waals surface area contributed by atoms with Gasteiger partial charge >= 0.3 is 0 Å². The standard InChI is InChI=1S/C14H29NO/c1-4-6-7-8-9-10-11-13(16)14(3,5-2)12-15/h4-12,15H2,1-3H3. The summed E-state index contributed by atoms with van der Waals surface area (Å²) in [5.41, 5.74) is 5.39.